The Morgan fingerprint density at radius 1 is 1.40 bits per heavy atom. The Morgan fingerprint density at radius 2 is 2.10 bits per heavy atom. The summed E-state index contributed by atoms with van der Waals surface area (Å²) in [5.74, 6) is 0.0700. The lowest BCUT2D eigenvalue weighted by Crippen LogP contribution is -2.43. The fourth-order valence-electron chi connectivity index (χ4n) is 2.16. The van der Waals surface area contributed by atoms with Gasteiger partial charge in [-0.25, -0.2) is 4.79 Å². The quantitative estimate of drug-likeness (QED) is 0.835. The Labute approximate surface area is 117 Å². The van der Waals surface area contributed by atoms with Crippen LogP contribution in [0, 0.1) is 0 Å². The Balaban J connectivity index is 2.09. The summed E-state index contributed by atoms with van der Waals surface area (Å²) in [6, 6.07) is 8.70. The Bertz CT molecular complexity index is 527. The summed E-state index contributed by atoms with van der Waals surface area (Å²) in [6.07, 6.45) is 0.141. The Morgan fingerprint density at radius 3 is 2.75 bits per heavy atom. The van der Waals surface area contributed by atoms with E-state index in [1.807, 2.05) is 37.3 Å². The van der Waals surface area contributed by atoms with Crippen LogP contribution in [0.1, 0.15) is 18.9 Å². The van der Waals surface area contributed by atoms with Gasteiger partial charge in [0, 0.05) is 13.1 Å². The molecule has 0 saturated carbocycles. The number of carbonyl (C=O) groups is 2. The van der Waals surface area contributed by atoms with Crippen LogP contribution < -0.4 is 11.1 Å². The highest BCUT2D eigenvalue weighted by Crippen LogP contribution is 2.18. The third-order valence-electron chi connectivity index (χ3n) is 3.14. The van der Waals surface area contributed by atoms with Crippen molar-refractivity contribution < 1.29 is 9.59 Å². The van der Waals surface area contributed by atoms with Crippen LogP contribution in [0.3, 0.4) is 0 Å². The molecule has 6 nitrogen and oxygen atoms in total. The van der Waals surface area contributed by atoms with Gasteiger partial charge in [0.2, 0.25) is 5.91 Å². The summed E-state index contributed by atoms with van der Waals surface area (Å²) in [4.78, 5) is 28.8. The van der Waals surface area contributed by atoms with E-state index in [1.54, 1.807) is 0 Å². The molecule has 0 fully saturated rings. The number of amidine groups is 1. The summed E-state index contributed by atoms with van der Waals surface area (Å²) in [7, 11) is 0. The molecule has 106 valence electrons. The minimum atomic E-state index is -0.464. The molecule has 0 saturated heterocycles. The molecule has 0 spiro atoms. The lowest BCUT2D eigenvalue weighted by atomic mass is 10.1. The minimum Gasteiger partial charge on any atom is -0.385 e. The average molecular weight is 274 g/mol. The monoisotopic (exact) mass is 274 g/mol. The molecule has 20 heavy (non-hydrogen) atoms. The predicted molar refractivity (Wildman–Crippen MR) is 76.1 cm³/mol. The summed E-state index contributed by atoms with van der Waals surface area (Å²) < 4.78 is 0. The number of aliphatic imine (C=N–C) groups is 1. The molecule has 0 aromatic heterocycles. The molecule has 0 aliphatic carbocycles. The van der Waals surface area contributed by atoms with Crippen molar-refractivity contribution in [2.24, 2.45) is 10.7 Å². The summed E-state index contributed by atoms with van der Waals surface area (Å²) in [5, 5.41) is 2.70. The van der Waals surface area contributed by atoms with E-state index < -0.39 is 6.04 Å². The van der Waals surface area contributed by atoms with Crippen LogP contribution >= 0.6 is 0 Å². The van der Waals surface area contributed by atoms with Crippen molar-refractivity contribution in [3.63, 3.8) is 0 Å². The van der Waals surface area contributed by atoms with E-state index in [-0.39, 0.29) is 24.2 Å². The molecule has 1 unspecified atom stereocenters. The molecule has 3 amide bonds. The maximum atomic E-state index is 11.9. The fraction of sp³-hybridized carbons (Fsp3) is 0.357. The number of rotatable bonds is 5. The topological polar surface area (TPSA) is 87.8 Å². The number of hydrogen-bond acceptors (Lipinski definition) is 3. The molecular weight excluding hydrogens is 256 g/mol. The number of nitrogens with zero attached hydrogens (tertiary/aromatic N) is 2. The molecule has 1 aromatic rings. The molecule has 1 aliphatic heterocycles. The van der Waals surface area contributed by atoms with Gasteiger partial charge in [0.1, 0.15) is 11.9 Å². The largest absolute Gasteiger partial charge is 0.385 e. The molecule has 1 atom stereocenters. The second kappa shape index (κ2) is 6.18. The third-order valence-corrected chi connectivity index (χ3v) is 3.14. The van der Waals surface area contributed by atoms with Crippen LogP contribution in [0.4, 0.5) is 4.79 Å². The Kier molecular flexibility index (Phi) is 4.34. The van der Waals surface area contributed by atoms with Crippen LogP contribution in [0.25, 0.3) is 0 Å². The van der Waals surface area contributed by atoms with E-state index in [2.05, 4.69) is 10.3 Å². The van der Waals surface area contributed by atoms with Crippen LogP contribution in [0.15, 0.2) is 35.3 Å². The van der Waals surface area contributed by atoms with Gasteiger partial charge >= 0.3 is 6.03 Å². The number of urea groups is 1. The molecule has 6 heteroatoms. The van der Waals surface area contributed by atoms with E-state index >= 15 is 0 Å². The van der Waals surface area contributed by atoms with Gasteiger partial charge in [-0.1, -0.05) is 30.3 Å². The average Bonchev–Trinajstić information content (AvgIpc) is 2.67. The number of hydrogen-bond donors (Lipinski definition) is 2. The van der Waals surface area contributed by atoms with Crippen molar-refractivity contribution >= 4 is 17.8 Å². The molecule has 1 aliphatic rings. The fourth-order valence-corrected chi connectivity index (χ4v) is 2.16. The second-order valence-electron chi connectivity index (χ2n) is 4.61. The van der Waals surface area contributed by atoms with Crippen LogP contribution in [-0.2, 0) is 11.3 Å². The molecule has 0 radical (unpaired) electrons. The van der Waals surface area contributed by atoms with Gasteiger partial charge < -0.3 is 16.0 Å². The summed E-state index contributed by atoms with van der Waals surface area (Å²) in [6.45, 7) is 2.79. The second-order valence-corrected chi connectivity index (χ2v) is 4.61. The van der Waals surface area contributed by atoms with Gasteiger partial charge in [0.25, 0.3) is 0 Å². The smallest absolute Gasteiger partial charge is 0.346 e. The van der Waals surface area contributed by atoms with E-state index in [0.717, 1.165) is 5.56 Å². The first-order valence-electron chi connectivity index (χ1n) is 6.57. The van der Waals surface area contributed by atoms with Crippen molar-refractivity contribution in [2.45, 2.75) is 25.9 Å². The van der Waals surface area contributed by atoms with Crippen LogP contribution in [0.2, 0.25) is 0 Å². The lowest BCUT2D eigenvalue weighted by molar-refractivity contribution is -0.121. The third kappa shape index (κ3) is 3.14. The molecule has 1 aromatic carbocycles. The highest BCUT2D eigenvalue weighted by atomic mass is 16.2. The number of carbonyl (C=O) groups excluding carboxylic acids is 2. The van der Waals surface area contributed by atoms with Crippen molar-refractivity contribution in [1.82, 2.24) is 10.2 Å². The summed E-state index contributed by atoms with van der Waals surface area (Å²) >= 11 is 0. The number of nitrogens with two attached hydrogens (primary N) is 1. The first kappa shape index (κ1) is 14.0. The highest BCUT2D eigenvalue weighted by Gasteiger charge is 2.34. The number of nitrogens with one attached hydrogen (secondary N) is 1. The first-order chi connectivity index (χ1) is 9.61. The van der Waals surface area contributed by atoms with Gasteiger partial charge in [-0.15, -0.1) is 0 Å². The van der Waals surface area contributed by atoms with E-state index in [9.17, 15) is 9.59 Å². The van der Waals surface area contributed by atoms with Gasteiger partial charge in [0.05, 0.1) is 6.42 Å². The normalized spacial score (nSPS) is 18.1. The van der Waals surface area contributed by atoms with Crippen LogP contribution in [0.5, 0.6) is 0 Å². The molecule has 3 N–H and O–H groups in total. The highest BCUT2D eigenvalue weighted by molar-refractivity contribution is 6.04. The van der Waals surface area contributed by atoms with Crippen molar-refractivity contribution in [3.05, 3.63) is 35.9 Å². The van der Waals surface area contributed by atoms with Crippen molar-refractivity contribution in [2.75, 3.05) is 6.54 Å². The van der Waals surface area contributed by atoms with Gasteiger partial charge in [-0.05, 0) is 12.5 Å². The maximum absolute atomic E-state index is 11.9. The minimum absolute atomic E-state index is 0.136. The number of benzene rings is 1. The molecule has 1 heterocycles. The Hall–Kier alpha value is -2.37. The van der Waals surface area contributed by atoms with Crippen molar-refractivity contribution in [1.29, 1.82) is 0 Å². The number of amides is 3. The zero-order valence-corrected chi connectivity index (χ0v) is 11.4. The van der Waals surface area contributed by atoms with E-state index in [4.69, 9.17) is 5.73 Å². The molecular formula is C14H18N4O2. The lowest BCUT2D eigenvalue weighted by Gasteiger charge is -2.23. The molecule has 2 rings (SSSR count). The van der Waals surface area contributed by atoms with Gasteiger partial charge in [-0.3, -0.25) is 4.79 Å². The van der Waals surface area contributed by atoms with Crippen LogP contribution in [-0.4, -0.2) is 35.3 Å². The SMILES string of the molecule is CCNC(=O)CC1C(N)=NC(=O)N1Cc1ccccc1. The maximum Gasteiger partial charge on any atom is 0.346 e. The summed E-state index contributed by atoms with van der Waals surface area (Å²) in [5.41, 5.74) is 6.74. The predicted octanol–water partition coefficient (Wildman–Crippen LogP) is 0.874. The van der Waals surface area contributed by atoms with Gasteiger partial charge in [-0.2, -0.15) is 4.99 Å². The van der Waals surface area contributed by atoms with Gasteiger partial charge in [0.15, 0.2) is 0 Å². The van der Waals surface area contributed by atoms with E-state index in [1.165, 1.54) is 4.90 Å². The van der Waals surface area contributed by atoms with Crippen molar-refractivity contribution in [3.8, 4) is 0 Å². The first-order valence-corrected chi connectivity index (χ1v) is 6.57. The van der Waals surface area contributed by atoms with E-state index in [0.29, 0.717) is 13.1 Å². The standard InChI is InChI=1S/C14H18N4O2/c1-2-16-12(19)8-11-13(15)17-14(20)18(11)9-10-6-4-3-5-7-10/h3-7,11H,2,8-9H2,1H3,(H,16,19)(H2,15,17,20). The zero-order chi connectivity index (χ0) is 14.5. The molecule has 0 bridgehead atoms. The zero-order valence-electron chi connectivity index (χ0n) is 11.4.